The molecule has 0 N–H and O–H groups in total. The Morgan fingerprint density at radius 1 is 1.32 bits per heavy atom. The first kappa shape index (κ1) is 12.3. The molecule has 6 heteroatoms. The number of nitrogens with zero attached hydrogens (tertiary/aromatic N) is 4. The highest BCUT2D eigenvalue weighted by atomic mass is 32.1. The molecule has 2 aromatic rings. The number of rotatable bonds is 3. The summed E-state index contributed by atoms with van der Waals surface area (Å²) < 4.78 is 1.71. The molecule has 0 bridgehead atoms. The second-order valence-electron chi connectivity index (χ2n) is 4.82. The Morgan fingerprint density at radius 2 is 2.16 bits per heavy atom. The molecule has 1 aliphatic heterocycles. The van der Waals surface area contributed by atoms with E-state index in [4.69, 9.17) is 0 Å². The van der Waals surface area contributed by atoms with Crippen LogP contribution in [-0.2, 0) is 6.54 Å². The van der Waals surface area contributed by atoms with E-state index in [0.29, 0.717) is 5.92 Å². The number of piperidine rings is 1. The van der Waals surface area contributed by atoms with Crippen LogP contribution >= 0.6 is 11.3 Å². The summed E-state index contributed by atoms with van der Waals surface area (Å²) in [7, 11) is 0. The summed E-state index contributed by atoms with van der Waals surface area (Å²) in [6.45, 7) is 2.82. The van der Waals surface area contributed by atoms with Crippen molar-refractivity contribution in [3.05, 3.63) is 40.5 Å². The molecule has 100 valence electrons. The molecule has 3 rings (SSSR count). The monoisotopic (exact) mass is 276 g/mol. The van der Waals surface area contributed by atoms with Gasteiger partial charge in [0, 0.05) is 43.5 Å². The number of hydrogen-bond acceptors (Lipinski definition) is 5. The Balaban J connectivity index is 1.59. The van der Waals surface area contributed by atoms with Gasteiger partial charge in [-0.1, -0.05) is 0 Å². The fourth-order valence-electron chi connectivity index (χ4n) is 2.47. The standard InChI is InChI=1S/C13H16N4OS/c18-12-1-4-14-10-17(12)9-11-2-6-16(7-3-11)13-15-5-8-19-13/h1,4-5,8,10-11H,2-3,6-7,9H2. The van der Waals surface area contributed by atoms with Gasteiger partial charge in [-0.25, -0.2) is 9.97 Å². The molecular formula is C13H16N4OS. The number of anilines is 1. The average molecular weight is 276 g/mol. The Kier molecular flexibility index (Phi) is 3.59. The first-order chi connectivity index (χ1) is 9.33. The van der Waals surface area contributed by atoms with Crippen molar-refractivity contribution >= 4 is 16.5 Å². The normalized spacial score (nSPS) is 16.7. The van der Waals surface area contributed by atoms with E-state index in [1.807, 2.05) is 11.6 Å². The van der Waals surface area contributed by atoms with Crippen LogP contribution in [0.2, 0.25) is 0 Å². The zero-order valence-electron chi connectivity index (χ0n) is 10.6. The molecule has 0 atom stereocenters. The summed E-state index contributed by atoms with van der Waals surface area (Å²) in [6.07, 6.45) is 7.22. The fourth-order valence-corrected chi connectivity index (χ4v) is 3.17. The largest absolute Gasteiger partial charge is 0.348 e. The summed E-state index contributed by atoms with van der Waals surface area (Å²) >= 11 is 1.69. The van der Waals surface area contributed by atoms with Crippen molar-refractivity contribution < 1.29 is 0 Å². The topological polar surface area (TPSA) is 51.0 Å². The molecule has 1 aliphatic rings. The maximum atomic E-state index is 11.6. The summed E-state index contributed by atoms with van der Waals surface area (Å²) in [4.78, 5) is 22.3. The minimum atomic E-state index is 0.0392. The van der Waals surface area contributed by atoms with Gasteiger partial charge in [0.1, 0.15) is 0 Å². The van der Waals surface area contributed by atoms with E-state index in [-0.39, 0.29) is 5.56 Å². The van der Waals surface area contributed by atoms with Gasteiger partial charge in [0.25, 0.3) is 5.56 Å². The maximum Gasteiger partial charge on any atom is 0.253 e. The highest BCUT2D eigenvalue weighted by Crippen LogP contribution is 2.25. The highest BCUT2D eigenvalue weighted by Gasteiger charge is 2.21. The highest BCUT2D eigenvalue weighted by molar-refractivity contribution is 7.13. The Labute approximate surface area is 115 Å². The molecule has 3 heterocycles. The molecule has 1 fully saturated rings. The zero-order valence-corrected chi connectivity index (χ0v) is 11.4. The minimum Gasteiger partial charge on any atom is -0.348 e. The van der Waals surface area contributed by atoms with E-state index in [1.165, 1.54) is 6.07 Å². The lowest BCUT2D eigenvalue weighted by Gasteiger charge is -2.31. The first-order valence-electron chi connectivity index (χ1n) is 6.48. The van der Waals surface area contributed by atoms with Gasteiger partial charge >= 0.3 is 0 Å². The number of hydrogen-bond donors (Lipinski definition) is 0. The van der Waals surface area contributed by atoms with Crippen LogP contribution in [0.15, 0.2) is 35.0 Å². The van der Waals surface area contributed by atoms with Crippen molar-refractivity contribution in [2.24, 2.45) is 5.92 Å². The molecule has 0 radical (unpaired) electrons. The molecule has 0 saturated carbocycles. The van der Waals surface area contributed by atoms with Crippen LogP contribution in [0, 0.1) is 5.92 Å². The van der Waals surface area contributed by atoms with Crippen molar-refractivity contribution in [2.75, 3.05) is 18.0 Å². The molecule has 0 spiro atoms. The van der Waals surface area contributed by atoms with Crippen LogP contribution in [0.5, 0.6) is 0 Å². The second kappa shape index (κ2) is 5.52. The molecule has 19 heavy (non-hydrogen) atoms. The third kappa shape index (κ3) is 2.84. The molecular weight excluding hydrogens is 260 g/mol. The van der Waals surface area contributed by atoms with Crippen molar-refractivity contribution in [2.45, 2.75) is 19.4 Å². The third-order valence-corrected chi connectivity index (χ3v) is 4.38. The minimum absolute atomic E-state index is 0.0392. The third-order valence-electron chi connectivity index (χ3n) is 3.55. The van der Waals surface area contributed by atoms with E-state index in [1.54, 1.807) is 28.4 Å². The molecule has 5 nitrogen and oxygen atoms in total. The van der Waals surface area contributed by atoms with Gasteiger partial charge in [0.05, 0.1) is 6.33 Å². The second-order valence-corrected chi connectivity index (χ2v) is 5.69. The van der Waals surface area contributed by atoms with E-state index < -0.39 is 0 Å². The zero-order chi connectivity index (χ0) is 13.1. The summed E-state index contributed by atoms with van der Waals surface area (Å²) in [5.41, 5.74) is 0.0392. The van der Waals surface area contributed by atoms with E-state index in [2.05, 4.69) is 14.9 Å². The van der Waals surface area contributed by atoms with Crippen molar-refractivity contribution in [3.63, 3.8) is 0 Å². The predicted octanol–water partition coefficient (Wildman–Crippen LogP) is 1.62. The van der Waals surface area contributed by atoms with Crippen LogP contribution in [0.1, 0.15) is 12.8 Å². The van der Waals surface area contributed by atoms with Crippen molar-refractivity contribution in [1.82, 2.24) is 14.5 Å². The average Bonchev–Trinajstić information content (AvgIpc) is 2.96. The number of aromatic nitrogens is 3. The van der Waals surface area contributed by atoms with Gasteiger partial charge in [-0.05, 0) is 18.8 Å². The Hall–Kier alpha value is -1.69. The smallest absolute Gasteiger partial charge is 0.253 e. The number of thiazole rings is 1. The lowest BCUT2D eigenvalue weighted by atomic mass is 9.97. The van der Waals surface area contributed by atoms with Crippen LogP contribution < -0.4 is 10.5 Å². The van der Waals surface area contributed by atoms with Crippen LogP contribution in [0.4, 0.5) is 5.13 Å². The molecule has 1 saturated heterocycles. The lowest BCUT2D eigenvalue weighted by Crippen LogP contribution is -2.36. The predicted molar refractivity (Wildman–Crippen MR) is 75.5 cm³/mol. The van der Waals surface area contributed by atoms with E-state index in [0.717, 1.165) is 37.6 Å². The maximum absolute atomic E-state index is 11.6. The van der Waals surface area contributed by atoms with Gasteiger partial charge in [-0.3, -0.25) is 9.36 Å². The van der Waals surface area contributed by atoms with Gasteiger partial charge in [-0.2, -0.15) is 0 Å². The molecule has 0 aliphatic carbocycles. The van der Waals surface area contributed by atoms with Crippen molar-refractivity contribution in [3.8, 4) is 0 Å². The summed E-state index contributed by atoms with van der Waals surface area (Å²) in [5.74, 6) is 0.554. The Morgan fingerprint density at radius 3 is 2.84 bits per heavy atom. The van der Waals surface area contributed by atoms with Gasteiger partial charge < -0.3 is 4.90 Å². The molecule has 0 aromatic carbocycles. The molecule has 0 amide bonds. The SMILES string of the molecule is O=c1ccncn1CC1CCN(c2nccs2)CC1. The van der Waals surface area contributed by atoms with Crippen LogP contribution in [0.25, 0.3) is 0 Å². The Bertz CT molecular complexity index is 572. The summed E-state index contributed by atoms with van der Waals surface area (Å²) in [6, 6.07) is 1.52. The van der Waals surface area contributed by atoms with Crippen molar-refractivity contribution in [1.29, 1.82) is 0 Å². The van der Waals surface area contributed by atoms with Crippen LogP contribution in [-0.4, -0.2) is 27.6 Å². The van der Waals surface area contributed by atoms with Gasteiger partial charge in [0.2, 0.25) is 0 Å². The summed E-state index contributed by atoms with van der Waals surface area (Å²) in [5, 5.41) is 3.12. The van der Waals surface area contributed by atoms with E-state index >= 15 is 0 Å². The molecule has 0 unspecified atom stereocenters. The van der Waals surface area contributed by atoms with E-state index in [9.17, 15) is 4.79 Å². The quantitative estimate of drug-likeness (QED) is 0.855. The lowest BCUT2D eigenvalue weighted by molar-refractivity contribution is 0.351. The van der Waals surface area contributed by atoms with Crippen LogP contribution in [0.3, 0.4) is 0 Å². The van der Waals surface area contributed by atoms with Gasteiger partial charge in [0.15, 0.2) is 5.13 Å². The molecule has 2 aromatic heterocycles. The fraction of sp³-hybridized carbons (Fsp3) is 0.462. The first-order valence-corrected chi connectivity index (χ1v) is 7.36. The van der Waals surface area contributed by atoms with Gasteiger partial charge in [-0.15, -0.1) is 11.3 Å².